The van der Waals surface area contributed by atoms with Crippen molar-refractivity contribution in [3.05, 3.63) is 70.7 Å². The van der Waals surface area contributed by atoms with E-state index in [0.29, 0.717) is 5.02 Å². The van der Waals surface area contributed by atoms with Gasteiger partial charge < -0.3 is 10.1 Å². The monoisotopic (exact) mass is 494 g/mol. The minimum Gasteiger partial charge on any atom is -0.452 e. The van der Waals surface area contributed by atoms with Gasteiger partial charge in [-0.15, -0.1) is 0 Å². The summed E-state index contributed by atoms with van der Waals surface area (Å²) >= 11 is 11.9. The third-order valence-electron chi connectivity index (χ3n) is 4.52. The zero-order valence-electron chi connectivity index (χ0n) is 17.0. The number of ether oxygens (including phenoxy) is 1. The average Bonchev–Trinajstić information content (AvgIpc) is 2.75. The number of hydrogen-bond donors (Lipinski definition) is 2. The number of carbonyl (C=O) groups is 2. The van der Waals surface area contributed by atoms with Crippen LogP contribution in [0.15, 0.2) is 65.6 Å². The fraction of sp³-hybridized carbons (Fsp3) is 0.182. The molecular formula is C22H20Cl2N2O5S. The maximum Gasteiger partial charge on any atom is 0.307 e. The average molecular weight is 495 g/mol. The van der Waals surface area contributed by atoms with E-state index in [1.807, 2.05) is 24.3 Å². The molecule has 32 heavy (non-hydrogen) atoms. The number of rotatable bonds is 8. The second kappa shape index (κ2) is 10.3. The quantitative estimate of drug-likeness (QED) is 0.452. The number of anilines is 1. The van der Waals surface area contributed by atoms with Gasteiger partial charge in [-0.2, -0.15) is 0 Å². The smallest absolute Gasteiger partial charge is 0.307 e. The molecule has 0 bridgehead atoms. The van der Waals surface area contributed by atoms with Crippen molar-refractivity contribution < 1.29 is 22.7 Å². The summed E-state index contributed by atoms with van der Waals surface area (Å²) in [7, 11) is -3.81. The zero-order valence-corrected chi connectivity index (χ0v) is 19.3. The number of fused-ring (bicyclic) bond motifs is 1. The molecule has 0 aliphatic rings. The number of amides is 1. The van der Waals surface area contributed by atoms with E-state index in [9.17, 15) is 18.0 Å². The van der Waals surface area contributed by atoms with Crippen molar-refractivity contribution >= 4 is 61.6 Å². The molecule has 7 nitrogen and oxygen atoms in total. The van der Waals surface area contributed by atoms with Crippen LogP contribution in [-0.2, 0) is 24.3 Å². The molecule has 0 aliphatic heterocycles. The molecule has 10 heteroatoms. The lowest BCUT2D eigenvalue weighted by molar-refractivity contribution is -0.152. The topological polar surface area (TPSA) is 102 Å². The van der Waals surface area contributed by atoms with Crippen LogP contribution in [-0.4, -0.2) is 32.9 Å². The third kappa shape index (κ3) is 6.20. The normalized spacial score (nSPS) is 12.3. The van der Waals surface area contributed by atoms with Gasteiger partial charge in [0.15, 0.2) is 6.10 Å². The molecule has 0 aliphatic carbocycles. The van der Waals surface area contributed by atoms with Crippen LogP contribution in [0, 0.1) is 0 Å². The molecule has 3 rings (SSSR count). The van der Waals surface area contributed by atoms with Gasteiger partial charge in [-0.05, 0) is 48.0 Å². The van der Waals surface area contributed by atoms with E-state index in [0.717, 1.165) is 10.8 Å². The highest BCUT2D eigenvalue weighted by molar-refractivity contribution is 7.89. The van der Waals surface area contributed by atoms with Crippen molar-refractivity contribution in [1.29, 1.82) is 0 Å². The van der Waals surface area contributed by atoms with Crippen LogP contribution in [0.2, 0.25) is 10.0 Å². The SMILES string of the molecule is CC(OC(=O)CCNS(=O)(=O)c1ccc2ccccc2c1)C(=O)Nc1cc(Cl)ccc1Cl. The first-order valence-corrected chi connectivity index (χ1v) is 11.8. The molecular weight excluding hydrogens is 475 g/mol. The van der Waals surface area contributed by atoms with Crippen molar-refractivity contribution in [1.82, 2.24) is 4.72 Å². The van der Waals surface area contributed by atoms with Gasteiger partial charge in [0.2, 0.25) is 10.0 Å². The Morgan fingerprint density at radius 3 is 2.47 bits per heavy atom. The molecule has 0 aromatic heterocycles. The van der Waals surface area contributed by atoms with E-state index < -0.39 is 28.0 Å². The maximum absolute atomic E-state index is 12.5. The summed E-state index contributed by atoms with van der Waals surface area (Å²) in [5.41, 5.74) is 0.287. The first kappa shape index (κ1) is 24.0. The van der Waals surface area contributed by atoms with Crippen LogP contribution in [0.5, 0.6) is 0 Å². The molecule has 1 amide bonds. The summed E-state index contributed by atoms with van der Waals surface area (Å²) in [6.45, 7) is 1.22. The van der Waals surface area contributed by atoms with Gasteiger partial charge >= 0.3 is 5.97 Å². The fourth-order valence-electron chi connectivity index (χ4n) is 2.84. The molecule has 0 radical (unpaired) electrons. The summed E-state index contributed by atoms with van der Waals surface area (Å²) < 4.78 is 32.4. The molecule has 0 saturated heterocycles. The van der Waals surface area contributed by atoms with Crippen LogP contribution in [0.4, 0.5) is 5.69 Å². The second-order valence-electron chi connectivity index (χ2n) is 6.90. The number of hydrogen-bond acceptors (Lipinski definition) is 5. The molecule has 3 aromatic rings. The summed E-state index contributed by atoms with van der Waals surface area (Å²) in [4.78, 5) is 24.4. The van der Waals surface area contributed by atoms with Crippen LogP contribution in [0.1, 0.15) is 13.3 Å². The highest BCUT2D eigenvalue weighted by Crippen LogP contribution is 2.25. The summed E-state index contributed by atoms with van der Waals surface area (Å²) in [6, 6.07) is 16.7. The largest absolute Gasteiger partial charge is 0.452 e. The standard InChI is InChI=1S/C22H20Cl2N2O5S/c1-14(22(28)26-20-13-17(23)7-9-19(20)24)31-21(27)10-11-25-32(29,30)18-8-6-15-4-2-3-5-16(15)12-18/h2-9,12-14,25H,10-11H2,1H3,(H,26,28). The van der Waals surface area contributed by atoms with E-state index in [4.69, 9.17) is 27.9 Å². The first-order chi connectivity index (χ1) is 15.2. The highest BCUT2D eigenvalue weighted by atomic mass is 35.5. The molecule has 0 heterocycles. The Balaban J connectivity index is 1.51. The molecule has 3 aromatic carbocycles. The number of benzene rings is 3. The van der Waals surface area contributed by atoms with Crippen molar-refractivity contribution in [2.24, 2.45) is 0 Å². The highest BCUT2D eigenvalue weighted by Gasteiger charge is 2.20. The molecule has 0 fully saturated rings. The molecule has 0 saturated carbocycles. The minimum absolute atomic E-state index is 0.0933. The lowest BCUT2D eigenvalue weighted by atomic mass is 10.1. The van der Waals surface area contributed by atoms with Crippen LogP contribution < -0.4 is 10.0 Å². The number of esters is 1. The fourth-order valence-corrected chi connectivity index (χ4v) is 4.25. The Hall–Kier alpha value is -2.65. The van der Waals surface area contributed by atoms with Gasteiger partial charge in [-0.25, -0.2) is 13.1 Å². The summed E-state index contributed by atoms with van der Waals surface area (Å²) in [5.74, 6) is -1.33. The van der Waals surface area contributed by atoms with E-state index in [2.05, 4.69) is 10.0 Å². The Labute approximate surface area is 195 Å². The van der Waals surface area contributed by atoms with Crippen LogP contribution in [0.25, 0.3) is 10.8 Å². The Morgan fingerprint density at radius 2 is 1.72 bits per heavy atom. The molecule has 2 N–H and O–H groups in total. The molecule has 168 valence electrons. The minimum atomic E-state index is -3.81. The Morgan fingerprint density at radius 1 is 1.00 bits per heavy atom. The van der Waals surface area contributed by atoms with Crippen LogP contribution >= 0.6 is 23.2 Å². The van der Waals surface area contributed by atoms with Gasteiger partial charge in [0.05, 0.1) is 22.0 Å². The first-order valence-electron chi connectivity index (χ1n) is 9.59. The van der Waals surface area contributed by atoms with Crippen molar-refractivity contribution in [3.63, 3.8) is 0 Å². The van der Waals surface area contributed by atoms with E-state index in [1.165, 1.54) is 25.1 Å². The number of nitrogens with one attached hydrogen (secondary N) is 2. The van der Waals surface area contributed by atoms with Gasteiger partial charge in [0.1, 0.15) is 0 Å². The molecule has 1 unspecified atom stereocenters. The Kier molecular flexibility index (Phi) is 7.73. The van der Waals surface area contributed by atoms with Gasteiger partial charge in [-0.1, -0.05) is 53.5 Å². The predicted molar refractivity (Wildman–Crippen MR) is 124 cm³/mol. The lowest BCUT2D eigenvalue weighted by Gasteiger charge is -2.14. The second-order valence-corrected chi connectivity index (χ2v) is 9.51. The summed E-state index contributed by atoms with van der Waals surface area (Å²) in [5, 5.41) is 4.90. The van der Waals surface area contributed by atoms with Crippen LogP contribution in [0.3, 0.4) is 0 Å². The Bertz CT molecular complexity index is 1260. The maximum atomic E-state index is 12.5. The van der Waals surface area contributed by atoms with Crippen molar-refractivity contribution in [3.8, 4) is 0 Å². The number of sulfonamides is 1. The van der Waals surface area contributed by atoms with Crippen molar-refractivity contribution in [2.45, 2.75) is 24.3 Å². The van der Waals surface area contributed by atoms with Gasteiger partial charge in [-0.3, -0.25) is 9.59 Å². The van der Waals surface area contributed by atoms with Crippen molar-refractivity contribution in [2.75, 3.05) is 11.9 Å². The van der Waals surface area contributed by atoms with E-state index in [1.54, 1.807) is 18.2 Å². The zero-order chi connectivity index (χ0) is 23.3. The number of halogens is 2. The summed E-state index contributed by atoms with van der Waals surface area (Å²) in [6.07, 6.45) is -1.36. The third-order valence-corrected chi connectivity index (χ3v) is 6.54. The van der Waals surface area contributed by atoms with E-state index >= 15 is 0 Å². The lowest BCUT2D eigenvalue weighted by Crippen LogP contribution is -2.32. The molecule has 1 atom stereocenters. The van der Waals surface area contributed by atoms with Gasteiger partial charge in [0.25, 0.3) is 5.91 Å². The molecule has 0 spiro atoms. The van der Waals surface area contributed by atoms with E-state index in [-0.39, 0.29) is 28.6 Å². The predicted octanol–water partition coefficient (Wildman–Crippen LogP) is 4.39. The van der Waals surface area contributed by atoms with Gasteiger partial charge in [0, 0.05) is 11.6 Å². The number of carbonyl (C=O) groups excluding carboxylic acids is 2.